The lowest BCUT2D eigenvalue weighted by atomic mass is 9.91. The third-order valence-corrected chi connectivity index (χ3v) is 8.45. The quantitative estimate of drug-likeness (QED) is 0.713. The van der Waals surface area contributed by atoms with Crippen LogP contribution in [0.15, 0.2) is 24.3 Å². The molecule has 6 bridgehead atoms. The van der Waals surface area contributed by atoms with E-state index in [1.54, 1.807) is 0 Å². The van der Waals surface area contributed by atoms with Gasteiger partial charge in [0, 0.05) is 35.5 Å². The van der Waals surface area contributed by atoms with Gasteiger partial charge in [0.15, 0.2) is 5.82 Å². The van der Waals surface area contributed by atoms with Crippen LogP contribution in [-0.2, 0) is 10.8 Å². The average molecular weight is 418 g/mol. The Kier molecular flexibility index (Phi) is 4.60. The fourth-order valence-corrected chi connectivity index (χ4v) is 5.79. The van der Waals surface area contributed by atoms with Gasteiger partial charge in [-0.15, -0.1) is 0 Å². The number of aromatic nitrogens is 3. The lowest BCUT2D eigenvalue weighted by Gasteiger charge is -2.32. The highest BCUT2D eigenvalue weighted by molar-refractivity contribution is 5.58. The fourth-order valence-electron chi connectivity index (χ4n) is 5.79. The number of anilines is 1. The second kappa shape index (κ2) is 7.26. The van der Waals surface area contributed by atoms with Gasteiger partial charge in [-0.25, -0.2) is 4.98 Å². The second-order valence-electron chi connectivity index (χ2n) is 10.9. The molecule has 2 spiro atoms. The number of fused-ring (bicyclic) bond motifs is 7. The zero-order valence-electron chi connectivity index (χ0n) is 19.0. The van der Waals surface area contributed by atoms with Crippen molar-refractivity contribution in [1.82, 2.24) is 19.9 Å². The van der Waals surface area contributed by atoms with E-state index in [2.05, 4.69) is 48.3 Å². The molecule has 5 nitrogen and oxygen atoms in total. The Bertz CT molecular complexity index is 958. The van der Waals surface area contributed by atoms with E-state index in [0.717, 1.165) is 29.7 Å². The highest BCUT2D eigenvalue weighted by Gasteiger charge is 2.48. The average Bonchev–Trinajstić information content (AvgIpc) is 3.70. The summed E-state index contributed by atoms with van der Waals surface area (Å²) in [5.41, 5.74) is 3.15. The zero-order valence-corrected chi connectivity index (χ0v) is 19.0. The number of hydrogen-bond acceptors (Lipinski definition) is 5. The molecule has 2 aliphatic carbocycles. The summed E-state index contributed by atoms with van der Waals surface area (Å²) in [6, 6.07) is 9.74. The minimum Gasteiger partial charge on any atom is -0.354 e. The summed E-state index contributed by atoms with van der Waals surface area (Å²) >= 11 is 0. The zero-order chi connectivity index (χ0) is 21.1. The van der Waals surface area contributed by atoms with Crippen molar-refractivity contribution in [3.63, 3.8) is 0 Å². The maximum atomic E-state index is 5.01. The first-order chi connectivity index (χ1) is 15.1. The maximum absolute atomic E-state index is 5.01. The first kappa shape index (κ1) is 19.7. The molecule has 1 aromatic carbocycles. The fraction of sp³-hybridized carbons (Fsp3) is 0.654. The Hall–Kier alpha value is -2.01. The minimum absolute atomic E-state index is 0.200. The van der Waals surface area contributed by atoms with E-state index in [-0.39, 0.29) is 5.41 Å². The van der Waals surface area contributed by atoms with Gasteiger partial charge in [0.2, 0.25) is 5.95 Å². The molecular weight excluding hydrogens is 382 g/mol. The summed E-state index contributed by atoms with van der Waals surface area (Å²) in [5.74, 6) is 3.31. The predicted molar refractivity (Wildman–Crippen MR) is 124 cm³/mol. The van der Waals surface area contributed by atoms with Gasteiger partial charge < -0.3 is 10.2 Å². The van der Waals surface area contributed by atoms with Gasteiger partial charge in [-0.2, -0.15) is 9.97 Å². The van der Waals surface area contributed by atoms with Gasteiger partial charge >= 0.3 is 0 Å². The van der Waals surface area contributed by atoms with Crippen LogP contribution in [-0.4, -0.2) is 45.5 Å². The predicted octanol–water partition coefficient (Wildman–Crippen LogP) is 4.93. The normalized spacial score (nSPS) is 26.2. The van der Waals surface area contributed by atoms with Crippen LogP contribution in [0.2, 0.25) is 0 Å². The van der Waals surface area contributed by atoms with Crippen LogP contribution in [0.1, 0.15) is 76.6 Å². The largest absolute Gasteiger partial charge is 0.354 e. The van der Waals surface area contributed by atoms with Crippen LogP contribution in [0.3, 0.4) is 0 Å². The minimum atomic E-state index is 0.200. The molecule has 1 N–H and O–H groups in total. The van der Waals surface area contributed by atoms with Crippen molar-refractivity contribution in [2.75, 3.05) is 25.0 Å². The molecule has 0 radical (unpaired) electrons. The van der Waals surface area contributed by atoms with Crippen LogP contribution in [0.4, 0.5) is 5.95 Å². The van der Waals surface area contributed by atoms with Crippen molar-refractivity contribution in [2.24, 2.45) is 5.92 Å². The van der Waals surface area contributed by atoms with Crippen molar-refractivity contribution >= 4 is 5.95 Å². The third-order valence-electron chi connectivity index (χ3n) is 8.45. The summed E-state index contributed by atoms with van der Waals surface area (Å²) in [6.45, 7) is 8.06. The molecular formula is C26H35N5. The lowest BCUT2D eigenvalue weighted by molar-refractivity contribution is 0.186. The van der Waals surface area contributed by atoms with E-state index < -0.39 is 0 Å². The molecule has 3 aliphatic heterocycles. The van der Waals surface area contributed by atoms with Gasteiger partial charge in [0.1, 0.15) is 5.82 Å². The van der Waals surface area contributed by atoms with E-state index in [0.29, 0.717) is 17.4 Å². The number of nitrogens with zero attached hydrogens (tertiary/aromatic N) is 4. The third kappa shape index (κ3) is 3.65. The monoisotopic (exact) mass is 417 g/mol. The Morgan fingerprint density at radius 1 is 0.935 bits per heavy atom. The van der Waals surface area contributed by atoms with Crippen LogP contribution < -0.4 is 5.32 Å². The summed E-state index contributed by atoms with van der Waals surface area (Å²) < 4.78 is 0. The smallest absolute Gasteiger partial charge is 0.226 e. The highest BCUT2D eigenvalue weighted by Crippen LogP contribution is 2.52. The molecule has 0 amide bonds. The molecule has 2 aromatic rings. The summed E-state index contributed by atoms with van der Waals surface area (Å²) in [6.07, 6.45) is 10.1. The van der Waals surface area contributed by atoms with E-state index in [9.17, 15) is 0 Å². The van der Waals surface area contributed by atoms with Crippen LogP contribution in [0.5, 0.6) is 0 Å². The van der Waals surface area contributed by atoms with Crippen molar-refractivity contribution in [2.45, 2.75) is 82.1 Å². The number of benzene rings is 1. The number of hydrogen-bond donors (Lipinski definition) is 1. The molecule has 164 valence electrons. The summed E-state index contributed by atoms with van der Waals surface area (Å²) in [4.78, 5) is 17.5. The van der Waals surface area contributed by atoms with Crippen molar-refractivity contribution in [1.29, 1.82) is 0 Å². The van der Waals surface area contributed by atoms with E-state index in [4.69, 9.17) is 15.0 Å². The van der Waals surface area contributed by atoms with Crippen LogP contribution in [0.25, 0.3) is 11.4 Å². The number of rotatable bonds is 1. The molecule has 1 aromatic heterocycles. The van der Waals surface area contributed by atoms with Gasteiger partial charge in [0.05, 0.1) is 0 Å². The molecule has 7 rings (SSSR count). The SMILES string of the molecule is CC(C)N1CCC2CCCC3(CC3)c3nc(nc(n3)-c3ccc(cc3)C3(CC3)C1)NC2. The first-order valence-electron chi connectivity index (χ1n) is 12.4. The molecule has 4 heterocycles. The summed E-state index contributed by atoms with van der Waals surface area (Å²) in [5, 5.41) is 3.61. The van der Waals surface area contributed by atoms with E-state index in [1.807, 2.05) is 0 Å². The Morgan fingerprint density at radius 3 is 2.42 bits per heavy atom. The molecule has 5 heteroatoms. The Morgan fingerprint density at radius 2 is 1.71 bits per heavy atom. The van der Waals surface area contributed by atoms with Crippen molar-refractivity contribution in [3.05, 3.63) is 35.7 Å². The molecule has 2 saturated carbocycles. The lowest BCUT2D eigenvalue weighted by Crippen LogP contribution is -2.39. The van der Waals surface area contributed by atoms with Gasteiger partial charge in [0.25, 0.3) is 0 Å². The van der Waals surface area contributed by atoms with Crippen LogP contribution in [0, 0.1) is 5.92 Å². The molecule has 0 saturated heterocycles. The van der Waals surface area contributed by atoms with E-state index >= 15 is 0 Å². The molecule has 1 atom stereocenters. The number of nitrogens with one attached hydrogen (secondary N) is 1. The molecule has 31 heavy (non-hydrogen) atoms. The van der Waals surface area contributed by atoms with Crippen molar-refractivity contribution in [3.8, 4) is 11.4 Å². The van der Waals surface area contributed by atoms with Gasteiger partial charge in [-0.05, 0) is 76.8 Å². The van der Waals surface area contributed by atoms with Crippen LogP contribution >= 0.6 is 0 Å². The molecule has 1 unspecified atom stereocenters. The topological polar surface area (TPSA) is 53.9 Å². The second-order valence-corrected chi connectivity index (χ2v) is 10.9. The maximum Gasteiger partial charge on any atom is 0.226 e. The Balaban J connectivity index is 1.44. The Labute approximate surface area is 186 Å². The standard InChI is InChI=1S/C26H35N5/c1-18(2)31-15-9-19-4-3-10-25(11-12-25)23-28-22(29-24(30-23)27-16-19)20-5-7-21(8-6-20)26(17-31)13-14-26/h5-8,18-19H,3-4,9-17H2,1-2H3,(H,27,28,29,30). The van der Waals surface area contributed by atoms with Gasteiger partial charge in [-0.1, -0.05) is 30.7 Å². The van der Waals surface area contributed by atoms with Gasteiger partial charge in [-0.3, -0.25) is 0 Å². The van der Waals surface area contributed by atoms with E-state index in [1.165, 1.54) is 70.0 Å². The highest BCUT2D eigenvalue weighted by atomic mass is 15.2. The molecule has 2 fully saturated rings. The first-order valence-corrected chi connectivity index (χ1v) is 12.4. The summed E-state index contributed by atoms with van der Waals surface area (Å²) in [7, 11) is 0. The van der Waals surface area contributed by atoms with Crippen molar-refractivity contribution < 1.29 is 0 Å². The molecule has 5 aliphatic rings.